The van der Waals surface area contributed by atoms with Crippen molar-refractivity contribution in [3.63, 3.8) is 0 Å². The van der Waals surface area contributed by atoms with E-state index in [1.54, 1.807) is 14.0 Å². The van der Waals surface area contributed by atoms with E-state index < -0.39 is 6.10 Å². The summed E-state index contributed by atoms with van der Waals surface area (Å²) in [6.07, 6.45) is 0.401. The standard InChI is InChI=1S/C10H19BrN4O/c1-4-15-10(11)7(5-12)9(16)8(14-3)6(2)13/h5,9,14,16H,4,12-13H2,1-3H3/b7-5?,8-6-,15-10?. The Morgan fingerprint density at radius 3 is 2.50 bits per heavy atom. The van der Waals surface area contributed by atoms with E-state index in [1.807, 2.05) is 6.92 Å². The number of aliphatic hydroxyl groups excluding tert-OH is 1. The molecule has 16 heavy (non-hydrogen) atoms. The molecule has 0 amide bonds. The zero-order chi connectivity index (χ0) is 12.7. The van der Waals surface area contributed by atoms with Crippen LogP contribution in [0.25, 0.3) is 0 Å². The molecule has 0 aliphatic carbocycles. The number of nitrogens with one attached hydrogen (secondary N) is 1. The van der Waals surface area contributed by atoms with Gasteiger partial charge in [0.15, 0.2) is 0 Å². The first-order valence-electron chi connectivity index (χ1n) is 4.93. The Kier molecular flexibility index (Phi) is 6.83. The molecule has 0 rings (SSSR count). The molecule has 0 radical (unpaired) electrons. The highest BCUT2D eigenvalue weighted by Gasteiger charge is 2.19. The minimum absolute atomic E-state index is 0.482. The van der Waals surface area contributed by atoms with E-state index in [-0.39, 0.29) is 0 Å². The molecule has 0 aromatic rings. The van der Waals surface area contributed by atoms with E-state index in [2.05, 4.69) is 26.2 Å². The van der Waals surface area contributed by atoms with E-state index in [1.165, 1.54) is 6.20 Å². The SMILES string of the molecule is CCN=C(Br)C(=CN)C(O)/C(NC)=C(\C)N. The second-order valence-corrected chi connectivity index (χ2v) is 3.89. The first-order chi connectivity index (χ1) is 7.49. The largest absolute Gasteiger partial charge is 0.404 e. The van der Waals surface area contributed by atoms with Crippen molar-refractivity contribution in [3.05, 3.63) is 23.2 Å². The van der Waals surface area contributed by atoms with Gasteiger partial charge in [-0.05, 0) is 29.8 Å². The number of nitrogens with two attached hydrogens (primary N) is 2. The lowest BCUT2D eigenvalue weighted by Crippen LogP contribution is -2.29. The van der Waals surface area contributed by atoms with Crippen molar-refractivity contribution in [3.8, 4) is 0 Å². The van der Waals surface area contributed by atoms with Gasteiger partial charge in [-0.25, -0.2) is 0 Å². The summed E-state index contributed by atoms with van der Waals surface area (Å²) >= 11 is 3.26. The number of nitrogens with zero attached hydrogens (tertiary/aromatic N) is 1. The number of halogens is 1. The summed E-state index contributed by atoms with van der Waals surface area (Å²) in [7, 11) is 1.69. The smallest absolute Gasteiger partial charge is 0.124 e. The summed E-state index contributed by atoms with van der Waals surface area (Å²) in [5.41, 5.74) is 12.6. The molecular formula is C10H19BrN4O. The summed E-state index contributed by atoms with van der Waals surface area (Å²) in [4.78, 5) is 4.13. The van der Waals surface area contributed by atoms with Crippen LogP contribution in [-0.2, 0) is 0 Å². The van der Waals surface area contributed by atoms with E-state index in [9.17, 15) is 5.11 Å². The van der Waals surface area contributed by atoms with Gasteiger partial charge in [0.2, 0.25) is 0 Å². The first kappa shape index (κ1) is 15.0. The Labute approximate surface area is 104 Å². The van der Waals surface area contributed by atoms with Crippen LogP contribution in [-0.4, -0.2) is 29.4 Å². The quantitative estimate of drug-likeness (QED) is 0.552. The summed E-state index contributed by atoms with van der Waals surface area (Å²) in [6, 6.07) is 0. The predicted molar refractivity (Wildman–Crippen MR) is 71.1 cm³/mol. The third-order valence-corrected chi connectivity index (χ3v) is 2.69. The van der Waals surface area contributed by atoms with Crippen LogP contribution in [0.4, 0.5) is 0 Å². The molecule has 92 valence electrons. The Morgan fingerprint density at radius 2 is 2.19 bits per heavy atom. The number of hydrogen-bond donors (Lipinski definition) is 4. The molecule has 0 fully saturated rings. The van der Waals surface area contributed by atoms with Gasteiger partial charge in [-0.2, -0.15) is 0 Å². The fraction of sp³-hybridized carbons (Fsp3) is 0.500. The van der Waals surface area contributed by atoms with Crippen LogP contribution in [0.2, 0.25) is 0 Å². The molecule has 0 aliphatic rings. The summed E-state index contributed by atoms with van der Waals surface area (Å²) < 4.78 is 0.527. The monoisotopic (exact) mass is 290 g/mol. The van der Waals surface area contributed by atoms with E-state index in [0.29, 0.717) is 28.1 Å². The second kappa shape index (κ2) is 7.29. The molecule has 0 aromatic carbocycles. The topological polar surface area (TPSA) is 96.7 Å². The Morgan fingerprint density at radius 1 is 1.62 bits per heavy atom. The molecule has 0 heterocycles. The van der Waals surface area contributed by atoms with Gasteiger partial charge in [0.25, 0.3) is 0 Å². The van der Waals surface area contributed by atoms with Crippen LogP contribution in [0, 0.1) is 0 Å². The maximum atomic E-state index is 10.1. The van der Waals surface area contributed by atoms with Crippen LogP contribution < -0.4 is 16.8 Å². The fourth-order valence-corrected chi connectivity index (χ4v) is 1.81. The van der Waals surface area contributed by atoms with Crippen molar-refractivity contribution in [1.29, 1.82) is 0 Å². The molecule has 0 bridgehead atoms. The molecular weight excluding hydrogens is 272 g/mol. The van der Waals surface area contributed by atoms with E-state index >= 15 is 0 Å². The number of aliphatic hydroxyl groups is 1. The number of allylic oxidation sites excluding steroid dienone is 1. The fourth-order valence-electron chi connectivity index (χ4n) is 1.21. The van der Waals surface area contributed by atoms with Gasteiger partial charge < -0.3 is 21.9 Å². The summed E-state index contributed by atoms with van der Waals surface area (Å²) in [6.45, 7) is 4.20. The van der Waals surface area contributed by atoms with E-state index in [4.69, 9.17) is 11.5 Å². The zero-order valence-electron chi connectivity index (χ0n) is 9.79. The molecule has 0 aliphatic heterocycles. The minimum atomic E-state index is -0.912. The molecule has 0 aromatic heterocycles. The van der Waals surface area contributed by atoms with Crippen molar-refractivity contribution < 1.29 is 5.11 Å². The Hall–Kier alpha value is -1.01. The lowest BCUT2D eigenvalue weighted by Gasteiger charge is -2.18. The van der Waals surface area contributed by atoms with Crippen LogP contribution >= 0.6 is 15.9 Å². The van der Waals surface area contributed by atoms with Crippen molar-refractivity contribution in [2.75, 3.05) is 13.6 Å². The average Bonchev–Trinajstić information content (AvgIpc) is 2.19. The normalized spacial score (nSPS) is 16.8. The number of hydrogen-bond acceptors (Lipinski definition) is 5. The van der Waals surface area contributed by atoms with Gasteiger partial charge in [0, 0.05) is 31.1 Å². The number of rotatable bonds is 5. The molecule has 1 unspecified atom stereocenters. The van der Waals surface area contributed by atoms with Gasteiger partial charge in [0.1, 0.15) is 10.7 Å². The number of aliphatic imine (C=N–C) groups is 1. The van der Waals surface area contributed by atoms with Gasteiger partial charge in [-0.3, -0.25) is 4.99 Å². The van der Waals surface area contributed by atoms with Crippen molar-refractivity contribution >= 4 is 20.6 Å². The maximum Gasteiger partial charge on any atom is 0.124 e. The maximum absolute atomic E-state index is 10.1. The van der Waals surface area contributed by atoms with Gasteiger partial charge in [0.05, 0.1) is 5.70 Å². The zero-order valence-corrected chi connectivity index (χ0v) is 11.4. The minimum Gasteiger partial charge on any atom is -0.404 e. The molecule has 6 heteroatoms. The summed E-state index contributed by atoms with van der Waals surface area (Å²) in [5, 5.41) is 12.9. The third-order valence-electron chi connectivity index (χ3n) is 1.98. The van der Waals surface area contributed by atoms with Gasteiger partial charge >= 0.3 is 0 Å². The molecule has 1 atom stereocenters. The Bertz CT molecular complexity index is 319. The molecule has 0 spiro atoms. The lowest BCUT2D eigenvalue weighted by atomic mass is 10.1. The average molecular weight is 291 g/mol. The Balaban J connectivity index is 5.16. The molecule has 0 saturated carbocycles. The van der Waals surface area contributed by atoms with Crippen LogP contribution in [0.5, 0.6) is 0 Å². The van der Waals surface area contributed by atoms with Crippen molar-refractivity contribution in [1.82, 2.24) is 5.32 Å². The second-order valence-electron chi connectivity index (χ2n) is 3.14. The predicted octanol–water partition coefficient (Wildman–Crippen LogP) is 0.413. The molecule has 6 N–H and O–H groups in total. The summed E-state index contributed by atoms with van der Waals surface area (Å²) in [5.74, 6) is 0. The highest BCUT2D eigenvalue weighted by atomic mass is 79.9. The van der Waals surface area contributed by atoms with E-state index in [0.717, 1.165) is 0 Å². The highest BCUT2D eigenvalue weighted by Crippen LogP contribution is 2.16. The van der Waals surface area contributed by atoms with Crippen molar-refractivity contribution in [2.24, 2.45) is 16.5 Å². The highest BCUT2D eigenvalue weighted by molar-refractivity contribution is 9.18. The van der Waals surface area contributed by atoms with Crippen LogP contribution in [0.15, 0.2) is 28.2 Å². The van der Waals surface area contributed by atoms with Gasteiger partial charge in [-0.1, -0.05) is 0 Å². The number of likely N-dealkylation sites (N-methyl/N-ethyl adjacent to an activating group) is 1. The molecule has 0 saturated heterocycles. The van der Waals surface area contributed by atoms with Crippen LogP contribution in [0.3, 0.4) is 0 Å². The molecule has 5 nitrogen and oxygen atoms in total. The van der Waals surface area contributed by atoms with Crippen LogP contribution in [0.1, 0.15) is 13.8 Å². The lowest BCUT2D eigenvalue weighted by molar-refractivity contribution is 0.244. The third kappa shape index (κ3) is 3.86. The first-order valence-corrected chi connectivity index (χ1v) is 5.73. The van der Waals surface area contributed by atoms with Gasteiger partial charge in [-0.15, -0.1) is 0 Å². The van der Waals surface area contributed by atoms with Crippen molar-refractivity contribution in [2.45, 2.75) is 20.0 Å².